The van der Waals surface area contributed by atoms with Gasteiger partial charge in [-0.25, -0.2) is 15.0 Å². The van der Waals surface area contributed by atoms with Crippen LogP contribution in [0, 0.1) is 6.92 Å². The number of aryl methyl sites for hydroxylation is 1. The Labute approximate surface area is 139 Å². The second-order valence-electron chi connectivity index (χ2n) is 5.33. The number of para-hydroxylation sites is 1. The van der Waals surface area contributed by atoms with Gasteiger partial charge in [-0.1, -0.05) is 12.1 Å². The molecule has 0 atom stereocenters. The van der Waals surface area contributed by atoms with Gasteiger partial charge in [-0.2, -0.15) is 13.2 Å². The van der Waals surface area contributed by atoms with Gasteiger partial charge in [0.15, 0.2) is 5.69 Å². The molecule has 0 aliphatic rings. The number of H-pyrrole nitrogens is 1. The number of aromatic amines is 1. The van der Waals surface area contributed by atoms with Gasteiger partial charge in [0.25, 0.3) is 5.56 Å². The monoisotopic (exact) mass is 350 g/mol. The fraction of sp³-hybridized carbons (Fsp3) is 0.250. The maximum atomic E-state index is 12.8. The van der Waals surface area contributed by atoms with Crippen molar-refractivity contribution < 1.29 is 17.9 Å². The van der Waals surface area contributed by atoms with Gasteiger partial charge in [-0.05, 0) is 13.0 Å². The van der Waals surface area contributed by atoms with Gasteiger partial charge in [-0.3, -0.25) is 4.79 Å². The number of methoxy groups -OCH3 is 1. The first kappa shape index (κ1) is 16.9. The largest absolute Gasteiger partial charge is 0.494 e. The van der Waals surface area contributed by atoms with Crippen molar-refractivity contribution in [3.63, 3.8) is 0 Å². The van der Waals surface area contributed by atoms with Gasteiger partial charge in [0.05, 0.1) is 13.5 Å². The molecule has 130 valence electrons. The highest BCUT2D eigenvalue weighted by Gasteiger charge is 2.33. The first-order valence-electron chi connectivity index (χ1n) is 7.25. The minimum Gasteiger partial charge on any atom is -0.494 e. The lowest BCUT2D eigenvalue weighted by Gasteiger charge is -2.10. The molecule has 6 nitrogen and oxygen atoms in total. The third-order valence-electron chi connectivity index (χ3n) is 3.55. The molecule has 0 spiro atoms. The minimum atomic E-state index is -4.70. The summed E-state index contributed by atoms with van der Waals surface area (Å²) in [5.41, 5.74) is -0.941. The van der Waals surface area contributed by atoms with Crippen molar-refractivity contribution in [3.05, 3.63) is 57.7 Å². The van der Waals surface area contributed by atoms with Gasteiger partial charge in [0, 0.05) is 17.1 Å². The second kappa shape index (κ2) is 6.15. The van der Waals surface area contributed by atoms with Crippen molar-refractivity contribution in [3.8, 4) is 5.75 Å². The zero-order valence-electron chi connectivity index (χ0n) is 13.3. The molecule has 0 aliphatic carbocycles. The molecule has 3 aromatic rings. The number of ether oxygens (including phenoxy) is 1. The number of hydrogen-bond donors (Lipinski definition) is 1. The first-order chi connectivity index (χ1) is 11.8. The van der Waals surface area contributed by atoms with Gasteiger partial charge in [0.2, 0.25) is 0 Å². The summed E-state index contributed by atoms with van der Waals surface area (Å²) >= 11 is 0. The molecule has 0 fully saturated rings. The summed E-state index contributed by atoms with van der Waals surface area (Å²) < 4.78 is 43.6. The maximum absolute atomic E-state index is 12.8. The van der Waals surface area contributed by atoms with E-state index in [0.717, 1.165) is 5.39 Å². The number of nitrogens with zero attached hydrogens (tertiary/aromatic N) is 3. The summed E-state index contributed by atoms with van der Waals surface area (Å²) in [6, 6.07) is 5.76. The summed E-state index contributed by atoms with van der Waals surface area (Å²) in [6.45, 7) is 1.76. The number of alkyl halides is 3. The predicted molar refractivity (Wildman–Crippen MR) is 83.5 cm³/mol. The second-order valence-corrected chi connectivity index (χ2v) is 5.33. The summed E-state index contributed by atoms with van der Waals surface area (Å²) in [5.74, 6) is 0.597. The van der Waals surface area contributed by atoms with E-state index in [0.29, 0.717) is 23.0 Å². The van der Waals surface area contributed by atoms with Crippen molar-refractivity contribution in [1.29, 1.82) is 0 Å². The SMILES string of the molecule is COc1cccc2c(C)nc(Cc3nc(C(F)(F)F)cc(=O)[nH]3)nc12. The van der Waals surface area contributed by atoms with Crippen LogP contribution >= 0.6 is 0 Å². The normalized spacial score (nSPS) is 11.7. The molecule has 2 aromatic heterocycles. The van der Waals surface area contributed by atoms with E-state index in [2.05, 4.69) is 19.9 Å². The Balaban J connectivity index is 2.07. The van der Waals surface area contributed by atoms with Crippen LogP contribution in [0.15, 0.2) is 29.1 Å². The number of hydrogen-bond acceptors (Lipinski definition) is 5. The van der Waals surface area contributed by atoms with Crippen LogP contribution < -0.4 is 10.3 Å². The van der Waals surface area contributed by atoms with Crippen molar-refractivity contribution >= 4 is 10.9 Å². The lowest BCUT2D eigenvalue weighted by atomic mass is 10.1. The number of rotatable bonds is 3. The fourth-order valence-electron chi connectivity index (χ4n) is 2.47. The molecule has 0 aliphatic heterocycles. The molecule has 9 heteroatoms. The molecular formula is C16H13F3N4O2. The third-order valence-corrected chi connectivity index (χ3v) is 3.55. The van der Waals surface area contributed by atoms with E-state index in [-0.39, 0.29) is 18.1 Å². The van der Waals surface area contributed by atoms with Crippen LogP contribution in [-0.4, -0.2) is 27.0 Å². The van der Waals surface area contributed by atoms with Crippen molar-refractivity contribution in [2.75, 3.05) is 7.11 Å². The highest BCUT2D eigenvalue weighted by Crippen LogP contribution is 2.27. The minimum absolute atomic E-state index is 0.145. The molecule has 0 bridgehead atoms. The standard InChI is InChI=1S/C16H13F3N4O2/c1-8-9-4-3-5-10(25-2)15(9)23-12(20-8)7-13-21-11(16(17,18)19)6-14(24)22-13/h3-6H,7H2,1-2H3,(H,21,22,24). The molecular weight excluding hydrogens is 337 g/mol. The van der Waals surface area contributed by atoms with Crippen molar-refractivity contribution in [2.24, 2.45) is 0 Å². The maximum Gasteiger partial charge on any atom is 0.433 e. The average molecular weight is 350 g/mol. The highest BCUT2D eigenvalue weighted by molar-refractivity contribution is 5.86. The Kier molecular flexibility index (Phi) is 4.15. The van der Waals surface area contributed by atoms with E-state index in [4.69, 9.17) is 4.74 Å². The molecule has 1 aromatic carbocycles. The van der Waals surface area contributed by atoms with Crippen LogP contribution in [0.25, 0.3) is 10.9 Å². The number of aromatic nitrogens is 4. The molecule has 1 N–H and O–H groups in total. The van der Waals surface area contributed by atoms with Crippen LogP contribution in [0.4, 0.5) is 13.2 Å². The van der Waals surface area contributed by atoms with E-state index < -0.39 is 17.4 Å². The molecule has 3 rings (SSSR count). The van der Waals surface area contributed by atoms with E-state index in [9.17, 15) is 18.0 Å². The zero-order valence-corrected chi connectivity index (χ0v) is 13.3. The average Bonchev–Trinajstić information content (AvgIpc) is 2.53. The topological polar surface area (TPSA) is 80.8 Å². The van der Waals surface area contributed by atoms with Crippen molar-refractivity contribution in [1.82, 2.24) is 19.9 Å². The van der Waals surface area contributed by atoms with Crippen LogP contribution in [0.5, 0.6) is 5.75 Å². The van der Waals surface area contributed by atoms with E-state index in [1.54, 1.807) is 19.1 Å². The highest BCUT2D eigenvalue weighted by atomic mass is 19.4. The summed E-state index contributed by atoms with van der Waals surface area (Å²) in [4.78, 5) is 25.8. The Morgan fingerprint density at radius 1 is 1.20 bits per heavy atom. The summed E-state index contributed by atoms with van der Waals surface area (Å²) in [5, 5.41) is 0.772. The lowest BCUT2D eigenvalue weighted by molar-refractivity contribution is -0.141. The molecule has 0 unspecified atom stereocenters. The van der Waals surface area contributed by atoms with Crippen molar-refractivity contribution in [2.45, 2.75) is 19.5 Å². The van der Waals surface area contributed by atoms with E-state index in [1.165, 1.54) is 7.11 Å². The van der Waals surface area contributed by atoms with Gasteiger partial charge in [0.1, 0.15) is 22.9 Å². The lowest BCUT2D eigenvalue weighted by Crippen LogP contribution is -2.19. The van der Waals surface area contributed by atoms with Crippen LogP contribution in [0.1, 0.15) is 23.0 Å². The third kappa shape index (κ3) is 3.44. The Bertz CT molecular complexity index is 999. The Hall–Kier alpha value is -2.97. The van der Waals surface area contributed by atoms with Crippen LogP contribution in [0.3, 0.4) is 0 Å². The van der Waals surface area contributed by atoms with Gasteiger partial charge >= 0.3 is 6.18 Å². The number of benzene rings is 1. The first-order valence-corrected chi connectivity index (χ1v) is 7.25. The summed E-state index contributed by atoms with van der Waals surface area (Å²) in [7, 11) is 1.50. The van der Waals surface area contributed by atoms with Gasteiger partial charge < -0.3 is 9.72 Å². The van der Waals surface area contributed by atoms with Crippen LogP contribution in [-0.2, 0) is 12.6 Å². The molecule has 25 heavy (non-hydrogen) atoms. The van der Waals surface area contributed by atoms with Crippen LogP contribution in [0.2, 0.25) is 0 Å². The number of nitrogens with one attached hydrogen (secondary N) is 1. The Morgan fingerprint density at radius 2 is 1.96 bits per heavy atom. The summed E-state index contributed by atoms with van der Waals surface area (Å²) in [6.07, 6.45) is -4.85. The zero-order chi connectivity index (χ0) is 18.2. The molecule has 0 amide bonds. The van der Waals surface area contributed by atoms with E-state index >= 15 is 0 Å². The molecule has 0 saturated heterocycles. The molecule has 0 saturated carbocycles. The molecule has 2 heterocycles. The van der Waals surface area contributed by atoms with Gasteiger partial charge in [-0.15, -0.1) is 0 Å². The fourth-order valence-corrected chi connectivity index (χ4v) is 2.47. The predicted octanol–water partition coefficient (Wildman–Crippen LogP) is 2.64. The Morgan fingerprint density at radius 3 is 2.64 bits per heavy atom. The van der Waals surface area contributed by atoms with E-state index in [1.807, 2.05) is 6.07 Å². The smallest absolute Gasteiger partial charge is 0.433 e. The molecule has 0 radical (unpaired) electrons. The number of fused-ring (bicyclic) bond motifs is 1. The quantitative estimate of drug-likeness (QED) is 0.785. The number of halogens is 3.